The van der Waals surface area contributed by atoms with E-state index in [4.69, 9.17) is 16.1 Å². The van der Waals surface area contributed by atoms with E-state index < -0.39 is 28.7 Å². The van der Waals surface area contributed by atoms with Crippen LogP contribution in [0.2, 0.25) is 5.02 Å². The Kier molecular flexibility index (Phi) is 16.0. The predicted octanol–water partition coefficient (Wildman–Crippen LogP) is 6.51. The van der Waals surface area contributed by atoms with Crippen LogP contribution in [0.4, 0.5) is 10.5 Å². The zero-order chi connectivity index (χ0) is 31.8. The number of anilines is 1. The fourth-order valence-corrected chi connectivity index (χ4v) is 4.58. The molecule has 0 bridgehead atoms. The van der Waals surface area contributed by atoms with Crippen LogP contribution in [0, 0.1) is 6.92 Å². The van der Waals surface area contributed by atoms with E-state index in [1.54, 1.807) is 19.1 Å². The lowest BCUT2D eigenvalue weighted by atomic mass is 10.1. The number of nitrogens with zero attached hydrogens (tertiary/aromatic N) is 1. The van der Waals surface area contributed by atoms with Gasteiger partial charge in [-0.3, -0.25) is 24.5 Å². The maximum Gasteiger partial charge on any atom is 0.414 e. The Morgan fingerprint density at radius 2 is 1.67 bits per heavy atom. The second-order valence-electron chi connectivity index (χ2n) is 10.2. The second kappa shape index (κ2) is 19.1. The molecule has 1 aliphatic rings. The maximum absolute atomic E-state index is 12.6. The van der Waals surface area contributed by atoms with Crippen molar-refractivity contribution in [2.75, 3.05) is 11.9 Å². The highest BCUT2D eigenvalue weighted by atomic mass is 79.9. The van der Waals surface area contributed by atoms with Gasteiger partial charge in [0.25, 0.3) is 11.8 Å². The van der Waals surface area contributed by atoms with E-state index in [1.807, 2.05) is 5.32 Å². The molecular weight excluding hydrogens is 644 g/mol. The first kappa shape index (κ1) is 35.9. The first-order valence-electron chi connectivity index (χ1n) is 14.5. The summed E-state index contributed by atoms with van der Waals surface area (Å²) in [5.41, 5.74) is 1.23. The number of benzene rings is 1. The van der Waals surface area contributed by atoms with Crippen LogP contribution in [0.15, 0.2) is 29.0 Å². The number of hydrogen-bond acceptors (Lipinski definition) is 8. The molecule has 1 saturated heterocycles. The van der Waals surface area contributed by atoms with Crippen molar-refractivity contribution in [3.8, 4) is 0 Å². The van der Waals surface area contributed by atoms with E-state index >= 15 is 0 Å². The van der Waals surface area contributed by atoms with Gasteiger partial charge in [0.05, 0.1) is 10.7 Å². The number of hydrogen-bond donors (Lipinski definition) is 3. The monoisotopic (exact) mass is 682 g/mol. The molecule has 0 saturated carbocycles. The predicted molar refractivity (Wildman–Crippen MR) is 167 cm³/mol. The van der Waals surface area contributed by atoms with E-state index in [0.29, 0.717) is 17.7 Å². The van der Waals surface area contributed by atoms with Crippen molar-refractivity contribution < 1.29 is 33.2 Å². The highest BCUT2D eigenvalue weighted by molar-refractivity contribution is 9.10. The Labute approximate surface area is 265 Å². The number of Topliss-reactive ketones (excluding diaryl/α,β-unsaturated/α-hetero) is 1. The highest BCUT2D eigenvalue weighted by Crippen LogP contribution is 2.24. The summed E-state index contributed by atoms with van der Waals surface area (Å²) < 4.78 is 9.14. The summed E-state index contributed by atoms with van der Waals surface area (Å²) >= 11 is 9.31. The highest BCUT2D eigenvalue weighted by Gasteiger charge is 2.29. The van der Waals surface area contributed by atoms with Gasteiger partial charge in [-0.05, 0) is 38.5 Å². The number of unbranched alkanes of at least 4 members (excludes halogenated alkanes) is 9. The maximum atomic E-state index is 12.6. The minimum atomic E-state index is -1.18. The van der Waals surface area contributed by atoms with E-state index in [0.717, 1.165) is 12.8 Å². The van der Waals surface area contributed by atoms with Crippen LogP contribution in [0.1, 0.15) is 104 Å². The van der Waals surface area contributed by atoms with Crippen molar-refractivity contribution in [3.63, 3.8) is 0 Å². The van der Waals surface area contributed by atoms with Crippen LogP contribution in [-0.4, -0.2) is 52.2 Å². The number of ketones is 1. The van der Waals surface area contributed by atoms with E-state index in [2.05, 4.69) is 43.4 Å². The van der Waals surface area contributed by atoms with Crippen LogP contribution in [0.3, 0.4) is 0 Å². The van der Waals surface area contributed by atoms with E-state index in [1.165, 1.54) is 70.6 Å². The summed E-state index contributed by atoms with van der Waals surface area (Å²) in [6.45, 7) is 6.00. The number of carbonyl (C=O) groups excluding carboxylic acids is 5. The number of rotatable bonds is 16. The number of halogens is 2. The molecule has 11 nitrogen and oxygen atoms in total. The average Bonchev–Trinajstić information content (AvgIpc) is 3.54. The zero-order valence-corrected chi connectivity index (χ0v) is 27.1. The SMILES string of the molecule is CC1OC(=O)NC1=O.CCCCCCCCCCCCNC(=O)c1ccc(Cl)c(NC(=O)C(Br)C(=O)c2nocc2C)c1. The van der Waals surface area contributed by atoms with Gasteiger partial charge < -0.3 is 19.9 Å². The summed E-state index contributed by atoms with van der Waals surface area (Å²) in [5.74, 6) is -1.76. The van der Waals surface area contributed by atoms with Crippen LogP contribution in [-0.2, 0) is 14.3 Å². The molecule has 13 heteroatoms. The number of aryl methyl sites for hydroxylation is 1. The number of aromatic nitrogens is 1. The normalized spacial score (nSPS) is 14.7. The average molecular weight is 684 g/mol. The molecule has 1 fully saturated rings. The third kappa shape index (κ3) is 12.5. The summed E-state index contributed by atoms with van der Waals surface area (Å²) in [4.78, 5) is 56.8. The van der Waals surface area contributed by atoms with Gasteiger partial charge in [0.15, 0.2) is 16.6 Å². The minimum Gasteiger partial charge on any atom is -0.436 e. The van der Waals surface area contributed by atoms with Crippen molar-refractivity contribution in [2.24, 2.45) is 0 Å². The lowest BCUT2D eigenvalue weighted by Gasteiger charge is -2.12. The van der Waals surface area contributed by atoms with Crippen LogP contribution in [0.25, 0.3) is 0 Å². The van der Waals surface area contributed by atoms with Crippen molar-refractivity contribution >= 4 is 62.8 Å². The van der Waals surface area contributed by atoms with Gasteiger partial charge >= 0.3 is 6.09 Å². The van der Waals surface area contributed by atoms with E-state index in [-0.39, 0.29) is 28.2 Å². The Morgan fingerprint density at radius 3 is 2.19 bits per heavy atom. The van der Waals surface area contributed by atoms with Gasteiger partial charge in [-0.2, -0.15) is 0 Å². The van der Waals surface area contributed by atoms with Gasteiger partial charge in [-0.1, -0.05) is 97.4 Å². The number of ether oxygens (including phenoxy) is 1. The molecule has 2 aromatic rings. The first-order chi connectivity index (χ1) is 20.5. The van der Waals surface area contributed by atoms with Crippen molar-refractivity contribution in [2.45, 2.75) is 95.9 Å². The molecule has 3 N–H and O–H groups in total. The Hall–Kier alpha value is -3.25. The van der Waals surface area contributed by atoms with Crippen molar-refractivity contribution in [1.82, 2.24) is 15.8 Å². The minimum absolute atomic E-state index is 0.0771. The fraction of sp³-hybridized carbons (Fsp3) is 0.533. The molecule has 1 aliphatic heterocycles. The molecule has 1 aromatic carbocycles. The zero-order valence-electron chi connectivity index (χ0n) is 24.8. The van der Waals surface area contributed by atoms with Gasteiger partial charge in [-0.25, -0.2) is 4.79 Å². The summed E-state index contributed by atoms with van der Waals surface area (Å²) in [6.07, 6.45) is 12.4. The molecular formula is C30H40BrClN4O7. The standard InChI is InChI=1S/C26H35BrClN3O4.C4H5NO3/c1-3-4-5-6-7-8-9-10-11-12-15-29-25(33)19-13-14-20(28)21(16-19)30-26(34)22(27)24(32)23-18(2)17-35-31-23;1-2-3(6)5-4(7)8-2/h13-14,16-17,22H,3-12,15H2,1-2H3,(H,29,33)(H,30,34);2H,1H3,(H,5,6,7). The van der Waals surface area contributed by atoms with Crippen LogP contribution < -0.4 is 16.0 Å². The van der Waals surface area contributed by atoms with Crippen LogP contribution >= 0.6 is 27.5 Å². The molecule has 2 heterocycles. The molecule has 43 heavy (non-hydrogen) atoms. The third-order valence-corrected chi connectivity index (χ3v) is 7.78. The number of imide groups is 1. The van der Waals surface area contributed by atoms with Gasteiger partial charge in [0.1, 0.15) is 6.26 Å². The lowest BCUT2D eigenvalue weighted by molar-refractivity contribution is -0.122. The van der Waals surface area contributed by atoms with Crippen LogP contribution in [0.5, 0.6) is 0 Å². The number of alkyl carbamates (subject to hydrolysis) is 1. The number of nitrogens with one attached hydrogen (secondary N) is 3. The molecule has 0 radical (unpaired) electrons. The molecule has 236 valence electrons. The first-order valence-corrected chi connectivity index (χ1v) is 15.8. The molecule has 1 aromatic heterocycles. The Balaban J connectivity index is 0.000000694. The smallest absolute Gasteiger partial charge is 0.414 e. The van der Waals surface area contributed by atoms with Gasteiger partial charge in [-0.15, -0.1) is 0 Å². The fourth-order valence-electron chi connectivity index (χ4n) is 4.08. The molecule has 3 rings (SSSR count). The summed E-state index contributed by atoms with van der Waals surface area (Å²) in [7, 11) is 0. The number of alkyl halides is 1. The molecule has 0 aliphatic carbocycles. The topological polar surface area (TPSA) is 157 Å². The van der Waals surface area contributed by atoms with Crippen molar-refractivity contribution in [1.29, 1.82) is 0 Å². The van der Waals surface area contributed by atoms with E-state index in [9.17, 15) is 24.0 Å². The Morgan fingerprint density at radius 1 is 1.05 bits per heavy atom. The molecule has 2 unspecified atom stereocenters. The van der Waals surface area contributed by atoms with Gasteiger partial charge in [0, 0.05) is 17.7 Å². The van der Waals surface area contributed by atoms with Crippen molar-refractivity contribution in [3.05, 3.63) is 46.3 Å². The number of amides is 4. The summed E-state index contributed by atoms with van der Waals surface area (Å²) in [6, 6.07) is 4.64. The molecule has 2 atom stereocenters. The second-order valence-corrected chi connectivity index (χ2v) is 11.6. The Bertz CT molecular complexity index is 1250. The quantitative estimate of drug-likeness (QED) is 0.0782. The largest absolute Gasteiger partial charge is 0.436 e. The summed E-state index contributed by atoms with van der Waals surface area (Å²) in [5, 5.41) is 11.4. The van der Waals surface area contributed by atoms with Gasteiger partial charge in [0.2, 0.25) is 11.7 Å². The number of carbonyl (C=O) groups is 5. The molecule has 0 spiro atoms. The number of cyclic esters (lactones) is 1. The lowest BCUT2D eigenvalue weighted by Crippen LogP contribution is -2.31. The molecule has 4 amide bonds. The third-order valence-electron chi connectivity index (χ3n) is 6.62.